The van der Waals surface area contributed by atoms with Crippen LogP contribution in [0, 0.1) is 26.2 Å². The molecular formula is C26H27N9O. The van der Waals surface area contributed by atoms with Gasteiger partial charge in [0.1, 0.15) is 11.6 Å². The number of hydrogen-bond donors (Lipinski definition) is 1. The van der Waals surface area contributed by atoms with Crippen molar-refractivity contribution in [3.8, 4) is 0 Å². The third kappa shape index (κ3) is 4.40. The van der Waals surface area contributed by atoms with Gasteiger partial charge in [0.2, 0.25) is 5.62 Å². The van der Waals surface area contributed by atoms with Crippen LogP contribution in [0.2, 0.25) is 0 Å². The molecule has 10 heteroatoms. The summed E-state index contributed by atoms with van der Waals surface area (Å²) in [5, 5.41) is 18.3. The van der Waals surface area contributed by atoms with E-state index in [0.717, 1.165) is 22.5 Å². The van der Waals surface area contributed by atoms with Crippen LogP contribution in [0.5, 0.6) is 0 Å². The number of benzene rings is 1. The smallest absolute Gasteiger partial charge is 0.292 e. The standard InChI is InChI=1S/C26H27N9O/c1-18-10-12-21(13-11-18)24(34-25(27)32(19(2)30-34)16-22-8-4-6-14-28-22)35-26(36)33(20(3)31-35)17-23-9-5-7-15-29-23/h4-15,24,27H,16-17H2,1-3H3. The van der Waals surface area contributed by atoms with E-state index in [0.29, 0.717) is 24.7 Å². The van der Waals surface area contributed by atoms with Gasteiger partial charge in [-0.15, -0.1) is 0 Å². The summed E-state index contributed by atoms with van der Waals surface area (Å²) in [7, 11) is 0. The van der Waals surface area contributed by atoms with Gasteiger partial charge < -0.3 is 0 Å². The van der Waals surface area contributed by atoms with Crippen molar-refractivity contribution < 1.29 is 0 Å². The molecule has 0 spiro atoms. The Kier molecular flexibility index (Phi) is 6.16. The van der Waals surface area contributed by atoms with Crippen molar-refractivity contribution in [2.75, 3.05) is 0 Å². The molecule has 0 fully saturated rings. The highest BCUT2D eigenvalue weighted by Gasteiger charge is 2.26. The van der Waals surface area contributed by atoms with Gasteiger partial charge in [0.15, 0.2) is 6.17 Å². The van der Waals surface area contributed by atoms with Gasteiger partial charge in [0, 0.05) is 12.4 Å². The van der Waals surface area contributed by atoms with E-state index in [4.69, 9.17) is 5.41 Å². The number of pyridine rings is 2. The summed E-state index contributed by atoms with van der Waals surface area (Å²) in [6, 6.07) is 19.1. The highest BCUT2D eigenvalue weighted by atomic mass is 16.2. The molecule has 0 aliphatic heterocycles. The summed E-state index contributed by atoms with van der Waals surface area (Å²) in [6.07, 6.45) is 2.69. The van der Waals surface area contributed by atoms with Crippen LogP contribution in [0.25, 0.3) is 0 Å². The molecule has 1 N–H and O–H groups in total. The van der Waals surface area contributed by atoms with E-state index in [2.05, 4.69) is 20.2 Å². The first-order valence-electron chi connectivity index (χ1n) is 11.6. The van der Waals surface area contributed by atoms with Gasteiger partial charge in [-0.2, -0.15) is 14.9 Å². The van der Waals surface area contributed by atoms with Crippen molar-refractivity contribution in [1.82, 2.24) is 38.7 Å². The Bertz CT molecular complexity index is 1490. The largest absolute Gasteiger partial charge is 0.348 e. The molecule has 36 heavy (non-hydrogen) atoms. The molecule has 5 aromatic rings. The molecule has 10 nitrogen and oxygen atoms in total. The first-order chi connectivity index (χ1) is 17.4. The lowest BCUT2D eigenvalue weighted by molar-refractivity contribution is 0.382. The van der Waals surface area contributed by atoms with E-state index in [1.165, 1.54) is 4.68 Å². The molecule has 0 amide bonds. The van der Waals surface area contributed by atoms with Crippen molar-refractivity contribution >= 4 is 0 Å². The second-order valence-corrected chi connectivity index (χ2v) is 8.69. The molecule has 4 aromatic heterocycles. The summed E-state index contributed by atoms with van der Waals surface area (Å²) in [4.78, 5) is 22.4. The normalized spacial score (nSPS) is 12.1. The topological polar surface area (TPSA) is 112 Å². The zero-order chi connectivity index (χ0) is 25.2. The Balaban J connectivity index is 1.63. The molecule has 0 aliphatic carbocycles. The summed E-state index contributed by atoms with van der Waals surface area (Å²) >= 11 is 0. The van der Waals surface area contributed by atoms with Crippen molar-refractivity contribution in [2.24, 2.45) is 0 Å². The molecule has 0 saturated carbocycles. The minimum absolute atomic E-state index is 0.146. The summed E-state index contributed by atoms with van der Waals surface area (Å²) in [5.74, 6) is 1.19. The maximum Gasteiger partial charge on any atom is 0.348 e. The Hall–Kier alpha value is -4.60. The molecule has 5 rings (SSSR count). The second kappa shape index (κ2) is 9.57. The summed E-state index contributed by atoms with van der Waals surface area (Å²) in [6.45, 7) is 6.35. The van der Waals surface area contributed by atoms with Crippen LogP contribution in [-0.2, 0) is 13.1 Å². The molecular weight excluding hydrogens is 454 g/mol. The van der Waals surface area contributed by atoms with Crippen molar-refractivity contribution in [2.45, 2.75) is 40.0 Å². The fraction of sp³-hybridized carbons (Fsp3) is 0.231. The molecule has 182 valence electrons. The quantitative estimate of drug-likeness (QED) is 0.384. The molecule has 4 heterocycles. The lowest BCUT2D eigenvalue weighted by Gasteiger charge is -2.17. The van der Waals surface area contributed by atoms with Crippen molar-refractivity contribution in [1.29, 1.82) is 5.41 Å². The van der Waals surface area contributed by atoms with Crippen LogP contribution < -0.4 is 11.3 Å². The Morgan fingerprint density at radius 1 is 0.750 bits per heavy atom. The van der Waals surface area contributed by atoms with Gasteiger partial charge in [-0.1, -0.05) is 42.0 Å². The molecule has 1 atom stereocenters. The van der Waals surface area contributed by atoms with Crippen LogP contribution in [0.3, 0.4) is 0 Å². The Labute approximate surface area is 207 Å². The lowest BCUT2D eigenvalue weighted by Crippen LogP contribution is -2.38. The van der Waals surface area contributed by atoms with Crippen LogP contribution in [-0.4, -0.2) is 38.7 Å². The molecule has 1 unspecified atom stereocenters. The summed E-state index contributed by atoms with van der Waals surface area (Å²) < 4.78 is 6.30. The first kappa shape index (κ1) is 23.2. The lowest BCUT2D eigenvalue weighted by atomic mass is 10.1. The number of aryl methyl sites for hydroxylation is 3. The fourth-order valence-electron chi connectivity index (χ4n) is 4.18. The van der Waals surface area contributed by atoms with Gasteiger partial charge in [-0.05, 0) is 50.6 Å². The van der Waals surface area contributed by atoms with Gasteiger partial charge >= 0.3 is 5.69 Å². The SMILES string of the molecule is Cc1ccc(C(n2nc(C)n(Cc3ccccn3)c2=N)n2nc(C)n(Cc3ccccn3)c2=O)cc1. The molecule has 0 radical (unpaired) electrons. The van der Waals surface area contributed by atoms with Gasteiger partial charge in [-0.3, -0.25) is 24.5 Å². The van der Waals surface area contributed by atoms with E-state index in [9.17, 15) is 4.79 Å². The maximum absolute atomic E-state index is 13.7. The number of nitrogens with zero attached hydrogens (tertiary/aromatic N) is 8. The monoisotopic (exact) mass is 481 g/mol. The van der Waals surface area contributed by atoms with Crippen molar-refractivity contribution in [3.05, 3.63) is 123 Å². The van der Waals surface area contributed by atoms with E-state index in [1.807, 2.05) is 74.5 Å². The molecule has 0 bridgehead atoms. The van der Waals surface area contributed by atoms with Crippen molar-refractivity contribution in [3.63, 3.8) is 0 Å². The van der Waals surface area contributed by atoms with Gasteiger partial charge in [-0.25, -0.2) is 9.48 Å². The van der Waals surface area contributed by atoms with Crippen LogP contribution in [0.1, 0.15) is 40.3 Å². The number of aromatic nitrogens is 8. The molecule has 1 aromatic carbocycles. The highest BCUT2D eigenvalue weighted by molar-refractivity contribution is 5.25. The Morgan fingerprint density at radius 2 is 1.31 bits per heavy atom. The zero-order valence-corrected chi connectivity index (χ0v) is 20.4. The van der Waals surface area contributed by atoms with Crippen LogP contribution in [0.15, 0.2) is 77.9 Å². The van der Waals surface area contributed by atoms with Gasteiger partial charge in [0.25, 0.3) is 0 Å². The molecule has 0 aliphatic rings. The highest BCUT2D eigenvalue weighted by Crippen LogP contribution is 2.18. The predicted octanol–water partition coefficient (Wildman–Crippen LogP) is 2.43. The molecule has 0 saturated heterocycles. The minimum atomic E-state index is -0.738. The van der Waals surface area contributed by atoms with Crippen LogP contribution in [0.4, 0.5) is 0 Å². The average Bonchev–Trinajstić information content (AvgIpc) is 3.32. The fourth-order valence-corrected chi connectivity index (χ4v) is 4.18. The summed E-state index contributed by atoms with van der Waals surface area (Å²) in [5.41, 5.74) is 3.32. The first-order valence-corrected chi connectivity index (χ1v) is 11.6. The average molecular weight is 482 g/mol. The van der Waals surface area contributed by atoms with E-state index < -0.39 is 6.17 Å². The van der Waals surface area contributed by atoms with E-state index >= 15 is 0 Å². The third-order valence-electron chi connectivity index (χ3n) is 6.12. The van der Waals surface area contributed by atoms with E-state index in [1.54, 1.807) is 33.1 Å². The number of hydrogen-bond acceptors (Lipinski definition) is 6. The number of rotatable bonds is 7. The Morgan fingerprint density at radius 3 is 1.89 bits per heavy atom. The predicted molar refractivity (Wildman–Crippen MR) is 133 cm³/mol. The minimum Gasteiger partial charge on any atom is -0.292 e. The van der Waals surface area contributed by atoms with Crippen LogP contribution >= 0.6 is 0 Å². The zero-order valence-electron chi connectivity index (χ0n) is 20.4. The van der Waals surface area contributed by atoms with E-state index in [-0.39, 0.29) is 11.3 Å². The number of nitrogens with one attached hydrogen (secondary N) is 1. The maximum atomic E-state index is 13.7. The van der Waals surface area contributed by atoms with Gasteiger partial charge in [0.05, 0.1) is 24.5 Å². The second-order valence-electron chi connectivity index (χ2n) is 8.69. The third-order valence-corrected chi connectivity index (χ3v) is 6.12.